The second-order valence-electron chi connectivity index (χ2n) is 4.99. The first-order valence-corrected chi connectivity index (χ1v) is 7.87. The van der Waals surface area contributed by atoms with Crippen LogP contribution in [0, 0.1) is 4.77 Å². The van der Waals surface area contributed by atoms with Crippen molar-refractivity contribution in [2.45, 2.75) is 6.18 Å². The van der Waals surface area contributed by atoms with Gasteiger partial charge in [0.1, 0.15) is 0 Å². The molecule has 1 heterocycles. The van der Waals surface area contributed by atoms with Crippen molar-refractivity contribution >= 4 is 35.4 Å². The lowest BCUT2D eigenvalue weighted by molar-refractivity contribution is -0.137. The van der Waals surface area contributed by atoms with E-state index in [1.54, 1.807) is 30.5 Å². The molecule has 0 aliphatic heterocycles. The summed E-state index contributed by atoms with van der Waals surface area (Å²) in [5.41, 5.74) is 0.812. The summed E-state index contributed by atoms with van der Waals surface area (Å²) in [6, 6.07) is 9.92. The topological polar surface area (TPSA) is 20.7 Å². The van der Waals surface area contributed by atoms with Gasteiger partial charge in [0, 0.05) is 17.4 Å². The Hall–Kier alpha value is -1.76. The van der Waals surface area contributed by atoms with E-state index in [1.807, 2.05) is 0 Å². The van der Waals surface area contributed by atoms with Crippen LogP contribution in [0.3, 0.4) is 0 Å². The maximum Gasteiger partial charge on any atom is 0.416 e. The molecule has 0 unspecified atom stereocenters. The third-order valence-corrected chi connectivity index (χ3v) is 4.46. The summed E-state index contributed by atoms with van der Waals surface area (Å²) in [7, 11) is 0. The summed E-state index contributed by atoms with van der Waals surface area (Å²) in [5.74, 6) is 0. The number of nitrogens with one attached hydrogen (secondary N) is 1. The Morgan fingerprint density at radius 3 is 2.42 bits per heavy atom. The van der Waals surface area contributed by atoms with Crippen LogP contribution in [0.5, 0.6) is 0 Å². The lowest BCUT2D eigenvalue weighted by atomic mass is 10.1. The minimum atomic E-state index is -4.43. The Morgan fingerprint density at radius 2 is 1.75 bits per heavy atom. The molecule has 3 aromatic rings. The highest BCUT2D eigenvalue weighted by molar-refractivity contribution is 7.71. The van der Waals surface area contributed by atoms with Crippen molar-refractivity contribution in [1.82, 2.24) is 9.55 Å². The molecule has 0 aliphatic carbocycles. The molecule has 0 saturated carbocycles. The molecule has 8 heteroatoms. The zero-order valence-corrected chi connectivity index (χ0v) is 14.2. The van der Waals surface area contributed by atoms with Crippen LogP contribution in [0.15, 0.2) is 48.7 Å². The molecule has 0 saturated heterocycles. The van der Waals surface area contributed by atoms with Crippen molar-refractivity contribution in [3.63, 3.8) is 0 Å². The van der Waals surface area contributed by atoms with E-state index in [4.69, 9.17) is 35.4 Å². The minimum Gasteiger partial charge on any atom is -0.336 e. The smallest absolute Gasteiger partial charge is 0.336 e. The fraction of sp³-hybridized carbons (Fsp3) is 0.0625. The van der Waals surface area contributed by atoms with Gasteiger partial charge in [0.25, 0.3) is 0 Å². The first-order valence-electron chi connectivity index (χ1n) is 6.71. The summed E-state index contributed by atoms with van der Waals surface area (Å²) in [5, 5.41) is 0.733. The van der Waals surface area contributed by atoms with Crippen LogP contribution >= 0.6 is 35.4 Å². The number of aromatic nitrogens is 2. The zero-order chi connectivity index (χ0) is 17.5. The van der Waals surface area contributed by atoms with Crippen molar-refractivity contribution in [2.24, 2.45) is 0 Å². The molecule has 0 amide bonds. The average molecular weight is 389 g/mol. The maximum absolute atomic E-state index is 13.0. The number of nitrogens with zero attached hydrogens (tertiary/aromatic N) is 1. The van der Waals surface area contributed by atoms with E-state index >= 15 is 0 Å². The maximum atomic E-state index is 13.0. The predicted molar refractivity (Wildman–Crippen MR) is 91.4 cm³/mol. The molecule has 1 N–H and O–H groups in total. The first-order chi connectivity index (χ1) is 11.3. The van der Waals surface area contributed by atoms with Gasteiger partial charge in [0.2, 0.25) is 0 Å². The zero-order valence-electron chi connectivity index (χ0n) is 11.9. The van der Waals surface area contributed by atoms with E-state index in [2.05, 4.69) is 4.98 Å². The Morgan fingerprint density at radius 1 is 1.00 bits per heavy atom. The number of hydrogen-bond donors (Lipinski definition) is 1. The number of imidazole rings is 1. The van der Waals surface area contributed by atoms with Crippen molar-refractivity contribution in [3.05, 3.63) is 69.0 Å². The molecule has 0 bridgehead atoms. The molecule has 1 aromatic heterocycles. The van der Waals surface area contributed by atoms with E-state index in [0.29, 0.717) is 27.0 Å². The van der Waals surface area contributed by atoms with Crippen molar-refractivity contribution < 1.29 is 13.2 Å². The van der Waals surface area contributed by atoms with Crippen LogP contribution in [0.2, 0.25) is 10.0 Å². The number of aromatic amines is 1. The monoisotopic (exact) mass is 388 g/mol. The highest BCUT2D eigenvalue weighted by Gasteiger charge is 2.30. The average Bonchev–Trinajstić information content (AvgIpc) is 2.91. The Bertz CT molecular complexity index is 960. The molecule has 0 spiro atoms. The van der Waals surface area contributed by atoms with Gasteiger partial charge in [0.05, 0.1) is 21.3 Å². The van der Waals surface area contributed by atoms with Crippen LogP contribution in [0.25, 0.3) is 16.9 Å². The largest absolute Gasteiger partial charge is 0.416 e. The number of halogens is 5. The van der Waals surface area contributed by atoms with Gasteiger partial charge in [0.15, 0.2) is 4.77 Å². The molecule has 124 valence electrons. The van der Waals surface area contributed by atoms with Gasteiger partial charge < -0.3 is 4.98 Å². The van der Waals surface area contributed by atoms with Crippen LogP contribution in [-0.2, 0) is 6.18 Å². The molecular weight excluding hydrogens is 380 g/mol. The molecule has 0 radical (unpaired) electrons. The van der Waals surface area contributed by atoms with E-state index in [1.165, 1.54) is 10.6 Å². The van der Waals surface area contributed by atoms with Gasteiger partial charge in [-0.2, -0.15) is 13.2 Å². The van der Waals surface area contributed by atoms with Gasteiger partial charge in [-0.3, -0.25) is 4.57 Å². The Labute approximate surface area is 150 Å². The number of benzene rings is 2. The molecule has 0 atom stereocenters. The summed E-state index contributed by atoms with van der Waals surface area (Å²) < 4.78 is 40.7. The molecule has 24 heavy (non-hydrogen) atoms. The van der Waals surface area contributed by atoms with Crippen LogP contribution < -0.4 is 0 Å². The van der Waals surface area contributed by atoms with Gasteiger partial charge in [-0.15, -0.1) is 0 Å². The molecule has 2 aromatic carbocycles. The van der Waals surface area contributed by atoms with Gasteiger partial charge in [-0.1, -0.05) is 35.3 Å². The lowest BCUT2D eigenvalue weighted by Crippen LogP contribution is -2.06. The normalized spacial score (nSPS) is 11.7. The van der Waals surface area contributed by atoms with Crippen LogP contribution in [0.4, 0.5) is 13.2 Å². The Balaban J connectivity index is 2.18. The van der Waals surface area contributed by atoms with E-state index in [-0.39, 0.29) is 4.77 Å². The number of rotatable bonds is 2. The molecule has 3 rings (SSSR count). The van der Waals surface area contributed by atoms with E-state index in [0.717, 1.165) is 12.1 Å². The van der Waals surface area contributed by atoms with Crippen LogP contribution in [0.1, 0.15) is 5.56 Å². The van der Waals surface area contributed by atoms with Gasteiger partial charge in [-0.25, -0.2) is 0 Å². The summed E-state index contributed by atoms with van der Waals surface area (Å²) in [6.45, 7) is 0. The molecule has 0 fully saturated rings. The third-order valence-electron chi connectivity index (χ3n) is 3.42. The summed E-state index contributed by atoms with van der Waals surface area (Å²) in [4.78, 5) is 2.85. The standard InChI is InChI=1S/C16H9Cl2F3N2S/c17-12-5-4-9(6-13(12)18)14-8-22-15(24)23(14)11-3-1-2-10(7-11)16(19,20)21/h1-8H,(H,22,24). The predicted octanol–water partition coefficient (Wildman–Crippen LogP) is 6.53. The van der Waals surface area contributed by atoms with Crippen molar-refractivity contribution in [3.8, 4) is 16.9 Å². The SMILES string of the molecule is FC(F)(F)c1cccc(-n2c(-c3ccc(Cl)c(Cl)c3)c[nH]c2=S)c1. The second-order valence-corrected chi connectivity index (χ2v) is 6.19. The molecular formula is C16H9Cl2F3N2S. The quantitative estimate of drug-likeness (QED) is 0.495. The summed E-state index contributed by atoms with van der Waals surface area (Å²) >= 11 is 17.2. The third kappa shape index (κ3) is 3.22. The minimum absolute atomic E-state index is 0.274. The van der Waals surface area contributed by atoms with Crippen LogP contribution in [-0.4, -0.2) is 9.55 Å². The first kappa shape index (κ1) is 17.1. The molecule has 2 nitrogen and oxygen atoms in total. The van der Waals surface area contributed by atoms with Gasteiger partial charge >= 0.3 is 6.18 Å². The number of hydrogen-bond acceptors (Lipinski definition) is 1. The number of H-pyrrole nitrogens is 1. The van der Waals surface area contributed by atoms with Crippen molar-refractivity contribution in [2.75, 3.05) is 0 Å². The summed E-state index contributed by atoms with van der Waals surface area (Å²) in [6.07, 6.45) is -2.82. The second kappa shape index (κ2) is 6.27. The highest BCUT2D eigenvalue weighted by atomic mass is 35.5. The fourth-order valence-electron chi connectivity index (χ4n) is 2.31. The van der Waals surface area contributed by atoms with E-state index in [9.17, 15) is 13.2 Å². The van der Waals surface area contributed by atoms with Crippen molar-refractivity contribution in [1.29, 1.82) is 0 Å². The number of alkyl halides is 3. The fourth-order valence-corrected chi connectivity index (χ4v) is 2.87. The highest BCUT2D eigenvalue weighted by Crippen LogP contribution is 2.33. The van der Waals surface area contributed by atoms with E-state index < -0.39 is 11.7 Å². The Kier molecular flexibility index (Phi) is 4.46. The molecule has 0 aliphatic rings. The van der Waals surface area contributed by atoms with Gasteiger partial charge in [-0.05, 0) is 42.5 Å². The lowest BCUT2D eigenvalue weighted by Gasteiger charge is -2.12.